The van der Waals surface area contributed by atoms with Crippen LogP contribution in [-0.2, 0) is 9.53 Å². The Morgan fingerprint density at radius 2 is 1.86 bits per heavy atom. The summed E-state index contributed by atoms with van der Waals surface area (Å²) < 4.78 is 15.7. The number of carbonyl (C=O) groups is 2. The van der Waals surface area contributed by atoms with Gasteiger partial charge in [-0.1, -0.05) is 13.8 Å². The molecule has 1 rings (SSSR count). The van der Waals surface area contributed by atoms with E-state index in [4.69, 9.17) is 19.9 Å². The van der Waals surface area contributed by atoms with Crippen LogP contribution in [0.25, 0.3) is 0 Å². The SMILES string of the molecule is COc1cc(C(=O)OC(C)C(N)=O)ccc1OCC(C)C. The molecule has 0 saturated heterocycles. The van der Waals surface area contributed by atoms with Crippen LogP contribution < -0.4 is 15.2 Å². The number of hydrogen-bond donors (Lipinski definition) is 1. The molecule has 6 heteroatoms. The molecule has 1 amide bonds. The summed E-state index contributed by atoms with van der Waals surface area (Å²) in [5.41, 5.74) is 5.31. The fourth-order valence-electron chi connectivity index (χ4n) is 1.46. The van der Waals surface area contributed by atoms with Crippen LogP contribution in [0.2, 0.25) is 0 Å². The maximum Gasteiger partial charge on any atom is 0.339 e. The monoisotopic (exact) mass is 295 g/mol. The summed E-state index contributed by atoms with van der Waals surface area (Å²) in [6.07, 6.45) is -0.986. The van der Waals surface area contributed by atoms with Gasteiger partial charge in [-0.3, -0.25) is 4.79 Å². The molecule has 1 aromatic rings. The predicted molar refractivity (Wildman–Crippen MR) is 77.4 cm³/mol. The van der Waals surface area contributed by atoms with Gasteiger partial charge in [-0.15, -0.1) is 0 Å². The van der Waals surface area contributed by atoms with Gasteiger partial charge in [-0.05, 0) is 31.0 Å². The Kier molecular flexibility index (Phi) is 6.02. The Labute approximate surface area is 124 Å². The van der Waals surface area contributed by atoms with Gasteiger partial charge < -0.3 is 19.9 Å². The number of benzene rings is 1. The number of amides is 1. The van der Waals surface area contributed by atoms with Crippen molar-refractivity contribution in [2.24, 2.45) is 11.7 Å². The lowest BCUT2D eigenvalue weighted by Crippen LogP contribution is -2.30. The van der Waals surface area contributed by atoms with Crippen molar-refractivity contribution in [3.63, 3.8) is 0 Å². The van der Waals surface area contributed by atoms with Gasteiger partial charge in [-0.2, -0.15) is 0 Å². The van der Waals surface area contributed by atoms with E-state index in [2.05, 4.69) is 0 Å². The van der Waals surface area contributed by atoms with Crippen molar-refractivity contribution in [3.8, 4) is 11.5 Å². The first-order valence-corrected chi connectivity index (χ1v) is 6.66. The molecule has 0 aliphatic rings. The molecule has 116 valence electrons. The molecule has 0 heterocycles. The highest BCUT2D eigenvalue weighted by Crippen LogP contribution is 2.28. The highest BCUT2D eigenvalue weighted by molar-refractivity contribution is 5.92. The van der Waals surface area contributed by atoms with E-state index in [0.29, 0.717) is 24.0 Å². The van der Waals surface area contributed by atoms with Gasteiger partial charge in [0.15, 0.2) is 17.6 Å². The van der Waals surface area contributed by atoms with Gasteiger partial charge in [0.1, 0.15) is 0 Å². The second-order valence-electron chi connectivity index (χ2n) is 5.02. The van der Waals surface area contributed by atoms with Crippen molar-refractivity contribution in [3.05, 3.63) is 23.8 Å². The molecule has 0 radical (unpaired) electrons. The van der Waals surface area contributed by atoms with Crippen molar-refractivity contribution < 1.29 is 23.8 Å². The topological polar surface area (TPSA) is 87.9 Å². The zero-order valence-corrected chi connectivity index (χ0v) is 12.7. The number of carbonyl (C=O) groups excluding carboxylic acids is 2. The van der Waals surface area contributed by atoms with Gasteiger partial charge in [0.25, 0.3) is 5.91 Å². The lowest BCUT2D eigenvalue weighted by atomic mass is 10.2. The largest absolute Gasteiger partial charge is 0.493 e. The minimum absolute atomic E-state index is 0.261. The van der Waals surface area contributed by atoms with Gasteiger partial charge in [0.2, 0.25) is 0 Å². The minimum atomic E-state index is -0.986. The fourth-order valence-corrected chi connectivity index (χ4v) is 1.46. The van der Waals surface area contributed by atoms with Crippen molar-refractivity contribution in [1.82, 2.24) is 0 Å². The van der Waals surface area contributed by atoms with E-state index in [1.54, 1.807) is 12.1 Å². The number of rotatable bonds is 7. The number of methoxy groups -OCH3 is 1. The van der Waals surface area contributed by atoms with Crippen molar-refractivity contribution in [2.45, 2.75) is 26.9 Å². The summed E-state index contributed by atoms with van der Waals surface area (Å²) in [7, 11) is 1.48. The maximum absolute atomic E-state index is 11.9. The van der Waals surface area contributed by atoms with Gasteiger partial charge >= 0.3 is 5.97 Å². The van der Waals surface area contributed by atoms with E-state index >= 15 is 0 Å². The van der Waals surface area contributed by atoms with Crippen molar-refractivity contribution in [1.29, 1.82) is 0 Å². The third kappa shape index (κ3) is 4.98. The first kappa shape index (κ1) is 16.8. The van der Waals surface area contributed by atoms with Crippen molar-refractivity contribution >= 4 is 11.9 Å². The second-order valence-corrected chi connectivity index (χ2v) is 5.02. The molecule has 1 atom stereocenters. The first-order valence-electron chi connectivity index (χ1n) is 6.66. The van der Waals surface area contributed by atoms with E-state index in [9.17, 15) is 9.59 Å². The Hall–Kier alpha value is -2.24. The third-order valence-corrected chi connectivity index (χ3v) is 2.66. The van der Waals surface area contributed by atoms with E-state index in [0.717, 1.165) is 0 Å². The summed E-state index contributed by atoms with van der Waals surface area (Å²) in [6, 6.07) is 4.69. The molecule has 0 aliphatic heterocycles. The lowest BCUT2D eigenvalue weighted by molar-refractivity contribution is -0.125. The highest BCUT2D eigenvalue weighted by Gasteiger charge is 2.18. The van der Waals surface area contributed by atoms with Gasteiger partial charge in [0, 0.05) is 0 Å². The number of primary amides is 1. The summed E-state index contributed by atoms with van der Waals surface area (Å²) in [5, 5.41) is 0. The van der Waals surface area contributed by atoms with E-state index < -0.39 is 18.0 Å². The van der Waals surface area contributed by atoms with E-state index in [1.807, 2.05) is 13.8 Å². The molecule has 1 unspecified atom stereocenters. The normalized spacial score (nSPS) is 11.9. The standard InChI is InChI=1S/C15H21NO5/c1-9(2)8-20-12-6-5-11(7-13(12)19-4)15(18)21-10(3)14(16)17/h5-7,9-10H,8H2,1-4H3,(H2,16,17). The minimum Gasteiger partial charge on any atom is -0.493 e. The van der Waals surface area contributed by atoms with Crippen LogP contribution in [0.3, 0.4) is 0 Å². The number of nitrogens with two attached hydrogens (primary N) is 1. The molecule has 0 bridgehead atoms. The Morgan fingerprint density at radius 1 is 1.19 bits per heavy atom. The quantitative estimate of drug-likeness (QED) is 0.774. The first-order chi connectivity index (χ1) is 9.85. The molecule has 6 nitrogen and oxygen atoms in total. The molecule has 21 heavy (non-hydrogen) atoms. The molecule has 2 N–H and O–H groups in total. The fraction of sp³-hybridized carbons (Fsp3) is 0.467. The Balaban J connectivity index is 2.86. The summed E-state index contributed by atoms with van der Waals surface area (Å²) in [5.74, 6) is 0.000466. The van der Waals surface area contributed by atoms with Crippen LogP contribution in [0, 0.1) is 5.92 Å². The highest BCUT2D eigenvalue weighted by atomic mass is 16.5. The van der Waals surface area contributed by atoms with E-state index in [1.165, 1.54) is 20.1 Å². The second kappa shape index (κ2) is 7.52. The van der Waals surface area contributed by atoms with Crippen LogP contribution in [0.1, 0.15) is 31.1 Å². The molecular weight excluding hydrogens is 274 g/mol. The zero-order valence-electron chi connectivity index (χ0n) is 12.7. The molecular formula is C15H21NO5. The number of ether oxygens (including phenoxy) is 3. The van der Waals surface area contributed by atoms with Crippen LogP contribution in [0.15, 0.2) is 18.2 Å². The molecule has 0 aliphatic carbocycles. The average molecular weight is 295 g/mol. The number of esters is 1. The molecule has 0 spiro atoms. The van der Waals surface area contributed by atoms with Gasteiger partial charge in [-0.25, -0.2) is 4.79 Å². The predicted octanol–water partition coefficient (Wildman–Crippen LogP) is 1.76. The Morgan fingerprint density at radius 3 is 2.38 bits per heavy atom. The molecule has 0 aromatic heterocycles. The van der Waals surface area contributed by atoms with E-state index in [-0.39, 0.29) is 5.56 Å². The van der Waals surface area contributed by atoms with Crippen LogP contribution >= 0.6 is 0 Å². The Bertz CT molecular complexity index is 513. The summed E-state index contributed by atoms with van der Waals surface area (Å²) in [4.78, 5) is 22.8. The summed E-state index contributed by atoms with van der Waals surface area (Å²) >= 11 is 0. The average Bonchev–Trinajstić information content (AvgIpc) is 2.44. The van der Waals surface area contributed by atoms with Crippen molar-refractivity contribution in [2.75, 3.05) is 13.7 Å². The number of hydrogen-bond acceptors (Lipinski definition) is 5. The van der Waals surface area contributed by atoms with Crippen LogP contribution in [0.5, 0.6) is 11.5 Å². The van der Waals surface area contributed by atoms with Gasteiger partial charge in [0.05, 0.1) is 19.3 Å². The smallest absolute Gasteiger partial charge is 0.339 e. The lowest BCUT2D eigenvalue weighted by Gasteiger charge is -2.14. The van der Waals surface area contributed by atoms with Crippen LogP contribution in [-0.4, -0.2) is 31.7 Å². The molecule has 0 fully saturated rings. The summed E-state index contributed by atoms with van der Waals surface area (Å²) in [6.45, 7) is 6.02. The zero-order chi connectivity index (χ0) is 16.0. The van der Waals surface area contributed by atoms with Crippen LogP contribution in [0.4, 0.5) is 0 Å². The molecule has 1 aromatic carbocycles. The molecule has 0 saturated carbocycles. The third-order valence-electron chi connectivity index (χ3n) is 2.66. The maximum atomic E-state index is 11.9.